The highest BCUT2D eigenvalue weighted by Gasteiger charge is 2.29. The maximum absolute atomic E-state index is 13.2. The number of nitrogens with one attached hydrogen (secondary N) is 1. The lowest BCUT2D eigenvalue weighted by atomic mass is 9.85. The van der Waals surface area contributed by atoms with Gasteiger partial charge in [0.25, 0.3) is 0 Å². The normalized spacial score (nSPS) is 29.1. The molecule has 0 bridgehead atoms. The summed E-state index contributed by atoms with van der Waals surface area (Å²) in [6.07, 6.45) is 5.75. The van der Waals surface area contributed by atoms with Crippen LogP contribution in [0.4, 0.5) is 4.39 Å². The maximum atomic E-state index is 13.2. The number of hydrogen-bond donors (Lipinski definition) is 2. The van der Waals surface area contributed by atoms with Crippen molar-refractivity contribution in [1.82, 2.24) is 5.32 Å². The molecule has 2 aliphatic carbocycles. The van der Waals surface area contributed by atoms with E-state index < -0.39 is 0 Å². The Hall–Kier alpha value is -1.42. The second kappa shape index (κ2) is 5.52. The molecule has 1 atom stereocenters. The molecule has 0 radical (unpaired) electrons. The van der Waals surface area contributed by atoms with Crippen LogP contribution < -0.4 is 11.1 Å². The lowest BCUT2D eigenvalue weighted by Crippen LogP contribution is -2.38. The topological polar surface area (TPSA) is 55.1 Å². The Labute approximate surface area is 118 Å². The molecule has 1 aromatic rings. The van der Waals surface area contributed by atoms with Crippen molar-refractivity contribution in [3.05, 3.63) is 35.1 Å². The first-order chi connectivity index (χ1) is 9.63. The van der Waals surface area contributed by atoms with Gasteiger partial charge in [-0.1, -0.05) is 6.07 Å². The van der Waals surface area contributed by atoms with E-state index in [9.17, 15) is 9.18 Å². The molecule has 0 aliphatic heterocycles. The number of hydrogen-bond acceptors (Lipinski definition) is 2. The van der Waals surface area contributed by atoms with Crippen molar-refractivity contribution in [3.63, 3.8) is 0 Å². The first-order valence-electron chi connectivity index (χ1n) is 7.47. The van der Waals surface area contributed by atoms with Gasteiger partial charge in [0.1, 0.15) is 5.82 Å². The Morgan fingerprint density at radius 2 is 1.95 bits per heavy atom. The molecule has 108 valence electrons. The predicted octanol–water partition coefficient (Wildman–Crippen LogP) is 2.45. The zero-order chi connectivity index (χ0) is 14.1. The molecule has 0 spiro atoms. The van der Waals surface area contributed by atoms with Gasteiger partial charge in [-0.05, 0) is 61.8 Å². The molecule has 1 amide bonds. The zero-order valence-corrected chi connectivity index (χ0v) is 11.6. The summed E-state index contributed by atoms with van der Waals surface area (Å²) in [5.41, 5.74) is 7.73. The second-order valence-electron chi connectivity index (χ2n) is 6.05. The molecule has 3 rings (SSSR count). The molecule has 4 heteroatoms. The quantitative estimate of drug-likeness (QED) is 0.891. The van der Waals surface area contributed by atoms with Crippen LogP contribution in [0.3, 0.4) is 0 Å². The summed E-state index contributed by atoms with van der Waals surface area (Å²) in [6.45, 7) is 0. The van der Waals surface area contributed by atoms with E-state index in [-0.39, 0.29) is 17.6 Å². The van der Waals surface area contributed by atoms with Crippen LogP contribution in [0.1, 0.15) is 49.3 Å². The monoisotopic (exact) mass is 276 g/mol. The summed E-state index contributed by atoms with van der Waals surface area (Å²) >= 11 is 0. The zero-order valence-electron chi connectivity index (χ0n) is 11.6. The highest BCUT2D eigenvalue weighted by Crippen LogP contribution is 2.34. The number of benzene rings is 1. The number of amides is 1. The van der Waals surface area contributed by atoms with Crippen molar-refractivity contribution >= 4 is 5.91 Å². The molecule has 1 aromatic carbocycles. The molecule has 1 saturated carbocycles. The number of rotatable bonds is 3. The van der Waals surface area contributed by atoms with Crippen molar-refractivity contribution in [2.45, 2.75) is 50.6 Å². The highest BCUT2D eigenvalue weighted by molar-refractivity contribution is 5.76. The van der Waals surface area contributed by atoms with Crippen molar-refractivity contribution in [3.8, 4) is 0 Å². The lowest BCUT2D eigenvalue weighted by Gasteiger charge is -2.30. The summed E-state index contributed by atoms with van der Waals surface area (Å²) in [6, 6.07) is 5.89. The van der Waals surface area contributed by atoms with E-state index >= 15 is 0 Å². The minimum absolute atomic E-state index is 0.0537. The van der Waals surface area contributed by atoms with Gasteiger partial charge in [0.2, 0.25) is 5.91 Å². The number of fused-ring (bicyclic) bond motifs is 1. The van der Waals surface area contributed by atoms with Gasteiger partial charge in [-0.25, -0.2) is 4.39 Å². The summed E-state index contributed by atoms with van der Waals surface area (Å²) in [5, 5.41) is 3.68. The number of carbonyl (C=O) groups is 1. The van der Waals surface area contributed by atoms with Crippen molar-refractivity contribution in [2.75, 3.05) is 0 Å². The lowest BCUT2D eigenvalue weighted by molar-refractivity contribution is -0.122. The average Bonchev–Trinajstić information content (AvgIpc) is 2.81. The molecule has 3 N–H and O–H groups in total. The maximum Gasteiger partial charge on any atom is 0.220 e. The Kier molecular flexibility index (Phi) is 3.74. The summed E-state index contributed by atoms with van der Waals surface area (Å²) in [4.78, 5) is 11.2. The smallest absolute Gasteiger partial charge is 0.220 e. The van der Waals surface area contributed by atoms with E-state index in [2.05, 4.69) is 5.32 Å². The van der Waals surface area contributed by atoms with E-state index in [1.807, 2.05) is 6.07 Å². The van der Waals surface area contributed by atoms with Crippen molar-refractivity contribution in [2.24, 2.45) is 11.7 Å². The molecule has 2 aliphatic rings. The van der Waals surface area contributed by atoms with Crippen molar-refractivity contribution < 1.29 is 9.18 Å². The number of nitrogens with two attached hydrogens (primary N) is 1. The summed E-state index contributed by atoms with van der Waals surface area (Å²) in [7, 11) is 0. The fraction of sp³-hybridized carbons (Fsp3) is 0.562. The van der Waals surface area contributed by atoms with E-state index in [0.29, 0.717) is 12.1 Å². The minimum atomic E-state index is -0.162. The third-order valence-corrected chi connectivity index (χ3v) is 4.75. The highest BCUT2D eigenvalue weighted by atomic mass is 19.1. The van der Waals surface area contributed by atoms with Crippen LogP contribution in [0.15, 0.2) is 18.2 Å². The molecule has 20 heavy (non-hydrogen) atoms. The van der Waals surface area contributed by atoms with Crippen LogP contribution >= 0.6 is 0 Å². The molecule has 1 fully saturated rings. The third kappa shape index (κ3) is 2.70. The summed E-state index contributed by atoms with van der Waals surface area (Å²) in [5.74, 6) is -0.255. The van der Waals surface area contributed by atoms with Gasteiger partial charge in [-0.15, -0.1) is 0 Å². The van der Waals surface area contributed by atoms with Gasteiger partial charge in [0, 0.05) is 18.0 Å². The third-order valence-electron chi connectivity index (χ3n) is 4.75. The largest absolute Gasteiger partial charge is 0.369 e. The number of carbonyl (C=O) groups excluding carboxylic acids is 1. The summed E-state index contributed by atoms with van der Waals surface area (Å²) < 4.78 is 13.2. The van der Waals surface area contributed by atoms with Gasteiger partial charge < -0.3 is 11.1 Å². The second-order valence-corrected chi connectivity index (χ2v) is 6.05. The standard InChI is InChI=1S/C16H21FN2O/c17-12-4-7-14-11(9-12)3-8-15(14)19-13-5-1-10(2-6-13)16(18)20/h4,7,9-10,13,15,19H,1-3,5-6,8H2,(H2,18,20). The number of halogens is 1. The van der Waals surface area contributed by atoms with Gasteiger partial charge in [0.05, 0.1) is 0 Å². The van der Waals surface area contributed by atoms with Crippen LogP contribution in [-0.2, 0) is 11.2 Å². The van der Waals surface area contributed by atoms with Gasteiger partial charge in [-0.2, -0.15) is 0 Å². The fourth-order valence-corrected chi connectivity index (χ4v) is 3.59. The first-order valence-corrected chi connectivity index (χ1v) is 7.47. The molecule has 1 unspecified atom stereocenters. The van der Waals surface area contributed by atoms with E-state index in [1.165, 1.54) is 5.56 Å². The van der Waals surface area contributed by atoms with Crippen LogP contribution in [0.25, 0.3) is 0 Å². The Balaban J connectivity index is 1.60. The van der Waals surface area contributed by atoms with E-state index in [1.54, 1.807) is 12.1 Å². The number of primary amides is 1. The SMILES string of the molecule is NC(=O)C1CCC(NC2CCc3cc(F)ccc32)CC1. The van der Waals surface area contributed by atoms with Gasteiger partial charge in [-0.3, -0.25) is 4.79 Å². The van der Waals surface area contributed by atoms with E-state index in [0.717, 1.165) is 44.1 Å². The molecular weight excluding hydrogens is 255 g/mol. The average molecular weight is 276 g/mol. The van der Waals surface area contributed by atoms with Gasteiger partial charge in [0.15, 0.2) is 0 Å². The molecule has 0 saturated heterocycles. The number of aryl methyl sites for hydroxylation is 1. The Morgan fingerprint density at radius 1 is 1.20 bits per heavy atom. The Morgan fingerprint density at radius 3 is 2.65 bits per heavy atom. The molecule has 0 aromatic heterocycles. The molecular formula is C16H21FN2O. The van der Waals surface area contributed by atoms with E-state index in [4.69, 9.17) is 5.73 Å². The molecule has 0 heterocycles. The van der Waals surface area contributed by atoms with Gasteiger partial charge >= 0.3 is 0 Å². The van der Waals surface area contributed by atoms with Crippen LogP contribution in [-0.4, -0.2) is 11.9 Å². The minimum Gasteiger partial charge on any atom is -0.369 e. The predicted molar refractivity (Wildman–Crippen MR) is 75.5 cm³/mol. The molecule has 3 nitrogen and oxygen atoms in total. The Bertz CT molecular complexity index is 509. The van der Waals surface area contributed by atoms with Crippen LogP contribution in [0.5, 0.6) is 0 Å². The van der Waals surface area contributed by atoms with Crippen LogP contribution in [0, 0.1) is 11.7 Å². The fourth-order valence-electron chi connectivity index (χ4n) is 3.59. The van der Waals surface area contributed by atoms with Crippen molar-refractivity contribution in [1.29, 1.82) is 0 Å². The van der Waals surface area contributed by atoms with Crippen LogP contribution in [0.2, 0.25) is 0 Å². The first kappa shape index (κ1) is 13.6.